The standard InChI is InChI=1S/C22H23N3O3/c26-21(24-14-6-7-16(15-24)22(27)28)13-12-20-23-18-10-4-5-11-19(18)25(20)17-8-2-1-3-9-17/h1-5,8-11,16H,6-7,12-15H2,(H,27,28). The number of nitrogens with zero attached hydrogens (tertiary/aromatic N) is 3. The Morgan fingerprint density at radius 2 is 1.82 bits per heavy atom. The van der Waals surface area contributed by atoms with Crippen molar-refractivity contribution in [1.29, 1.82) is 0 Å². The van der Waals surface area contributed by atoms with E-state index < -0.39 is 11.9 Å². The molecule has 6 heteroatoms. The van der Waals surface area contributed by atoms with Crippen LogP contribution < -0.4 is 0 Å². The van der Waals surface area contributed by atoms with E-state index in [0.717, 1.165) is 29.0 Å². The lowest BCUT2D eigenvalue weighted by atomic mass is 9.98. The van der Waals surface area contributed by atoms with Crippen molar-refractivity contribution in [2.45, 2.75) is 25.7 Å². The number of imidazole rings is 1. The van der Waals surface area contributed by atoms with Gasteiger partial charge in [0.15, 0.2) is 0 Å². The minimum Gasteiger partial charge on any atom is -0.481 e. The third-order valence-electron chi connectivity index (χ3n) is 5.33. The number of likely N-dealkylation sites (tertiary alicyclic amines) is 1. The number of aryl methyl sites for hydroxylation is 1. The highest BCUT2D eigenvalue weighted by Crippen LogP contribution is 2.23. The molecule has 1 fully saturated rings. The van der Waals surface area contributed by atoms with E-state index in [1.165, 1.54) is 0 Å². The molecule has 6 nitrogen and oxygen atoms in total. The smallest absolute Gasteiger partial charge is 0.308 e. The van der Waals surface area contributed by atoms with Crippen LogP contribution in [0.15, 0.2) is 54.6 Å². The van der Waals surface area contributed by atoms with E-state index in [9.17, 15) is 14.7 Å². The van der Waals surface area contributed by atoms with Gasteiger partial charge in [-0.25, -0.2) is 4.98 Å². The van der Waals surface area contributed by atoms with E-state index in [1.54, 1.807) is 4.90 Å². The van der Waals surface area contributed by atoms with E-state index in [4.69, 9.17) is 4.98 Å². The molecule has 0 bridgehead atoms. The van der Waals surface area contributed by atoms with Crippen LogP contribution in [0.1, 0.15) is 25.1 Å². The molecule has 1 amide bonds. The Morgan fingerprint density at radius 3 is 2.61 bits per heavy atom. The SMILES string of the molecule is O=C(O)C1CCCN(C(=O)CCc2nc3ccccc3n2-c2ccccc2)C1. The van der Waals surface area contributed by atoms with Gasteiger partial charge < -0.3 is 10.0 Å². The van der Waals surface area contributed by atoms with Gasteiger partial charge in [-0.1, -0.05) is 30.3 Å². The number of amides is 1. The number of carbonyl (C=O) groups excluding carboxylic acids is 1. The lowest BCUT2D eigenvalue weighted by molar-refractivity contribution is -0.145. The van der Waals surface area contributed by atoms with Gasteiger partial charge in [0.1, 0.15) is 5.82 Å². The Balaban J connectivity index is 1.55. The topological polar surface area (TPSA) is 75.4 Å². The molecule has 3 aromatic rings. The number of fused-ring (bicyclic) bond motifs is 1. The van der Waals surface area contributed by atoms with E-state index in [0.29, 0.717) is 32.4 Å². The molecular weight excluding hydrogens is 354 g/mol. The highest BCUT2D eigenvalue weighted by Gasteiger charge is 2.28. The van der Waals surface area contributed by atoms with Crippen molar-refractivity contribution in [3.8, 4) is 5.69 Å². The average molecular weight is 377 g/mol. The summed E-state index contributed by atoms with van der Waals surface area (Å²) in [5.41, 5.74) is 2.93. The van der Waals surface area contributed by atoms with Gasteiger partial charge in [-0.3, -0.25) is 14.2 Å². The molecule has 28 heavy (non-hydrogen) atoms. The summed E-state index contributed by atoms with van der Waals surface area (Å²) in [6, 6.07) is 17.9. The molecule has 1 aromatic heterocycles. The van der Waals surface area contributed by atoms with Crippen LogP contribution in [-0.2, 0) is 16.0 Å². The summed E-state index contributed by atoms with van der Waals surface area (Å²) in [5.74, 6) is -0.430. The molecular formula is C22H23N3O3. The Bertz CT molecular complexity index is 997. The fourth-order valence-corrected chi connectivity index (χ4v) is 3.89. The Hall–Kier alpha value is -3.15. The molecule has 1 atom stereocenters. The van der Waals surface area contributed by atoms with Crippen LogP contribution in [0, 0.1) is 5.92 Å². The van der Waals surface area contributed by atoms with Crippen molar-refractivity contribution in [3.63, 3.8) is 0 Å². The first-order valence-electron chi connectivity index (χ1n) is 9.66. The molecule has 1 aliphatic rings. The second kappa shape index (κ2) is 7.84. The molecule has 144 valence electrons. The summed E-state index contributed by atoms with van der Waals surface area (Å²) in [5, 5.41) is 9.24. The lowest BCUT2D eigenvalue weighted by Crippen LogP contribution is -2.42. The van der Waals surface area contributed by atoms with Gasteiger partial charge >= 0.3 is 5.97 Å². The van der Waals surface area contributed by atoms with Gasteiger partial charge in [-0.15, -0.1) is 0 Å². The third-order valence-corrected chi connectivity index (χ3v) is 5.33. The van der Waals surface area contributed by atoms with Crippen LogP contribution in [0.25, 0.3) is 16.7 Å². The second-order valence-corrected chi connectivity index (χ2v) is 7.20. The maximum atomic E-state index is 12.7. The van der Waals surface area contributed by atoms with Crippen LogP contribution in [0.2, 0.25) is 0 Å². The number of hydrogen-bond donors (Lipinski definition) is 1. The molecule has 1 saturated heterocycles. The number of piperidine rings is 1. The van der Waals surface area contributed by atoms with Crippen molar-refractivity contribution in [2.24, 2.45) is 5.92 Å². The summed E-state index contributed by atoms with van der Waals surface area (Å²) in [7, 11) is 0. The average Bonchev–Trinajstić information content (AvgIpc) is 3.11. The normalized spacial score (nSPS) is 17.0. The number of aliphatic carboxylic acids is 1. The van der Waals surface area contributed by atoms with Crippen molar-refractivity contribution < 1.29 is 14.7 Å². The minimum atomic E-state index is -0.816. The van der Waals surface area contributed by atoms with Gasteiger partial charge in [0.05, 0.1) is 17.0 Å². The minimum absolute atomic E-state index is 0.00221. The largest absolute Gasteiger partial charge is 0.481 e. The predicted molar refractivity (Wildman–Crippen MR) is 106 cm³/mol. The van der Waals surface area contributed by atoms with Gasteiger partial charge in [-0.2, -0.15) is 0 Å². The maximum Gasteiger partial charge on any atom is 0.308 e. The molecule has 1 aliphatic heterocycles. The zero-order valence-corrected chi connectivity index (χ0v) is 15.6. The molecule has 0 radical (unpaired) electrons. The predicted octanol–water partition coefficient (Wildman–Crippen LogP) is 3.28. The Morgan fingerprint density at radius 1 is 1.07 bits per heavy atom. The fourth-order valence-electron chi connectivity index (χ4n) is 3.89. The number of carboxylic acids is 1. The number of rotatable bonds is 5. The first-order valence-corrected chi connectivity index (χ1v) is 9.66. The Kier molecular flexibility index (Phi) is 5.10. The molecule has 1 N–H and O–H groups in total. The van der Waals surface area contributed by atoms with Gasteiger partial charge in [0.25, 0.3) is 0 Å². The number of carbonyl (C=O) groups is 2. The van der Waals surface area contributed by atoms with Crippen LogP contribution in [-0.4, -0.2) is 44.5 Å². The van der Waals surface area contributed by atoms with Crippen molar-refractivity contribution in [2.75, 3.05) is 13.1 Å². The first kappa shape index (κ1) is 18.2. The summed E-state index contributed by atoms with van der Waals surface area (Å²) in [4.78, 5) is 30.4. The summed E-state index contributed by atoms with van der Waals surface area (Å²) < 4.78 is 2.10. The van der Waals surface area contributed by atoms with E-state index >= 15 is 0 Å². The maximum absolute atomic E-state index is 12.7. The zero-order chi connectivity index (χ0) is 19.5. The summed E-state index contributed by atoms with van der Waals surface area (Å²) in [6.45, 7) is 0.945. The zero-order valence-electron chi connectivity index (χ0n) is 15.6. The van der Waals surface area contributed by atoms with Crippen LogP contribution in [0.4, 0.5) is 0 Å². The molecule has 2 aromatic carbocycles. The second-order valence-electron chi connectivity index (χ2n) is 7.20. The Labute approximate surface area is 163 Å². The van der Waals surface area contributed by atoms with Crippen molar-refractivity contribution in [1.82, 2.24) is 14.5 Å². The van der Waals surface area contributed by atoms with E-state index in [1.807, 2.05) is 54.6 Å². The van der Waals surface area contributed by atoms with Gasteiger partial charge in [0.2, 0.25) is 5.91 Å². The monoisotopic (exact) mass is 377 g/mol. The fraction of sp³-hybridized carbons (Fsp3) is 0.318. The quantitative estimate of drug-likeness (QED) is 0.740. The first-order chi connectivity index (χ1) is 13.6. The number of hydrogen-bond acceptors (Lipinski definition) is 3. The lowest BCUT2D eigenvalue weighted by Gasteiger charge is -2.30. The third kappa shape index (κ3) is 3.63. The number of aromatic nitrogens is 2. The number of carboxylic acid groups (broad SMARTS) is 1. The summed E-state index contributed by atoms with van der Waals surface area (Å²) >= 11 is 0. The van der Waals surface area contributed by atoms with Crippen molar-refractivity contribution in [3.05, 3.63) is 60.4 Å². The molecule has 0 spiro atoms. The van der Waals surface area contributed by atoms with Crippen molar-refractivity contribution >= 4 is 22.9 Å². The van der Waals surface area contributed by atoms with Crippen LogP contribution >= 0.6 is 0 Å². The summed E-state index contributed by atoms with van der Waals surface area (Å²) in [6.07, 6.45) is 2.22. The molecule has 1 unspecified atom stereocenters. The van der Waals surface area contributed by atoms with Gasteiger partial charge in [0, 0.05) is 31.6 Å². The highest BCUT2D eigenvalue weighted by atomic mass is 16.4. The van der Waals surface area contributed by atoms with E-state index in [-0.39, 0.29) is 5.91 Å². The highest BCUT2D eigenvalue weighted by molar-refractivity contribution is 5.80. The molecule has 4 rings (SSSR count). The molecule has 0 saturated carbocycles. The number of benzene rings is 2. The van der Waals surface area contributed by atoms with E-state index in [2.05, 4.69) is 4.57 Å². The molecule has 2 heterocycles. The van der Waals surface area contributed by atoms with Crippen LogP contribution in [0.5, 0.6) is 0 Å². The van der Waals surface area contributed by atoms with Gasteiger partial charge in [-0.05, 0) is 37.1 Å². The van der Waals surface area contributed by atoms with Crippen LogP contribution in [0.3, 0.4) is 0 Å². The molecule has 0 aliphatic carbocycles. The number of para-hydroxylation sites is 3.